The van der Waals surface area contributed by atoms with Crippen molar-refractivity contribution in [1.29, 1.82) is 0 Å². The summed E-state index contributed by atoms with van der Waals surface area (Å²) in [7, 11) is 0. The van der Waals surface area contributed by atoms with E-state index in [9.17, 15) is 14.7 Å². The highest BCUT2D eigenvalue weighted by molar-refractivity contribution is 9.10. The molecular weight excluding hydrogens is 328 g/mol. The number of hydrogen-bond acceptors (Lipinski definition) is 4. The third kappa shape index (κ3) is 1.83. The first kappa shape index (κ1) is 13.8. The van der Waals surface area contributed by atoms with Crippen molar-refractivity contribution in [2.45, 2.75) is 38.9 Å². The molecule has 0 spiro atoms. The molecule has 3 rings (SSSR count). The van der Waals surface area contributed by atoms with Gasteiger partial charge >= 0.3 is 5.97 Å². The second kappa shape index (κ2) is 4.66. The zero-order chi connectivity index (χ0) is 14.6. The zero-order valence-corrected chi connectivity index (χ0v) is 12.8. The Morgan fingerprint density at radius 3 is 2.40 bits per heavy atom. The lowest BCUT2D eigenvalue weighted by atomic mass is 9.79. The summed E-state index contributed by atoms with van der Waals surface area (Å²) in [6.07, 6.45) is 0.820. The lowest BCUT2D eigenvalue weighted by Crippen LogP contribution is -2.41. The average molecular weight is 343 g/mol. The summed E-state index contributed by atoms with van der Waals surface area (Å²) in [5, 5.41) is 13.6. The molecule has 0 unspecified atom stereocenters. The minimum absolute atomic E-state index is 0.282. The van der Waals surface area contributed by atoms with Crippen LogP contribution in [0, 0.1) is 25.7 Å². The summed E-state index contributed by atoms with van der Waals surface area (Å²) in [5.74, 6) is -2.65. The molecule has 0 saturated carbocycles. The summed E-state index contributed by atoms with van der Waals surface area (Å²) >= 11 is 3.38. The highest BCUT2D eigenvalue weighted by Gasteiger charge is 2.56. The number of hydrogen-bond donors (Lipinski definition) is 1. The van der Waals surface area contributed by atoms with Gasteiger partial charge in [0.1, 0.15) is 0 Å². The predicted molar refractivity (Wildman–Crippen MR) is 72.5 cm³/mol. The van der Waals surface area contributed by atoms with Gasteiger partial charge in [0.15, 0.2) is 0 Å². The molecule has 0 radical (unpaired) electrons. The first-order valence-electron chi connectivity index (χ1n) is 6.56. The minimum Gasteiger partial charge on any atom is -0.481 e. The highest BCUT2D eigenvalue weighted by Crippen LogP contribution is 2.44. The van der Waals surface area contributed by atoms with Crippen LogP contribution in [-0.4, -0.2) is 39.0 Å². The first-order valence-corrected chi connectivity index (χ1v) is 7.35. The molecule has 0 aliphatic carbocycles. The van der Waals surface area contributed by atoms with Crippen LogP contribution < -0.4 is 0 Å². The molecular formula is C13H15BrN2O4. The summed E-state index contributed by atoms with van der Waals surface area (Å²) in [5.41, 5.74) is 1.41. The maximum absolute atomic E-state index is 12.7. The lowest BCUT2D eigenvalue weighted by Gasteiger charge is -2.23. The van der Waals surface area contributed by atoms with Gasteiger partial charge in [-0.15, -0.1) is 0 Å². The molecule has 20 heavy (non-hydrogen) atoms. The van der Waals surface area contributed by atoms with Gasteiger partial charge in [-0.05, 0) is 42.6 Å². The van der Waals surface area contributed by atoms with Gasteiger partial charge in [-0.1, -0.05) is 0 Å². The first-order chi connectivity index (χ1) is 9.41. The topological polar surface area (TPSA) is 81.4 Å². The smallest absolute Gasteiger partial charge is 0.310 e. The van der Waals surface area contributed by atoms with Crippen LogP contribution in [0.2, 0.25) is 0 Å². The number of carboxylic acids is 1. The van der Waals surface area contributed by atoms with Gasteiger partial charge in [0, 0.05) is 0 Å². The van der Waals surface area contributed by atoms with Crippen LogP contribution in [0.1, 0.15) is 29.0 Å². The maximum Gasteiger partial charge on any atom is 0.310 e. The molecule has 2 saturated heterocycles. The minimum atomic E-state index is -0.962. The molecule has 108 valence electrons. The van der Waals surface area contributed by atoms with Gasteiger partial charge in [0.05, 0.1) is 39.9 Å². The van der Waals surface area contributed by atoms with Crippen LogP contribution in [0.15, 0.2) is 4.47 Å². The fourth-order valence-electron chi connectivity index (χ4n) is 3.28. The number of carboxylic acid groups (broad SMARTS) is 1. The van der Waals surface area contributed by atoms with E-state index >= 15 is 0 Å². The Hall–Kier alpha value is -1.21. The van der Waals surface area contributed by atoms with Crippen LogP contribution in [0.25, 0.3) is 0 Å². The van der Waals surface area contributed by atoms with Crippen molar-refractivity contribution in [3.8, 4) is 0 Å². The summed E-state index contributed by atoms with van der Waals surface area (Å²) in [6, 6.07) is 0. The van der Waals surface area contributed by atoms with Crippen molar-refractivity contribution >= 4 is 27.8 Å². The van der Waals surface area contributed by atoms with Crippen molar-refractivity contribution in [3.63, 3.8) is 0 Å². The van der Waals surface area contributed by atoms with E-state index in [1.807, 2.05) is 0 Å². The van der Waals surface area contributed by atoms with Crippen molar-refractivity contribution in [2.24, 2.45) is 11.8 Å². The SMILES string of the molecule is Cc1nn(C(=O)[C@H]2[C@@H](C(=O)O)[C@@H]3CC[C@@H]2O3)c(C)c1Br. The molecule has 1 aromatic rings. The second-order valence-corrected chi connectivity index (χ2v) is 6.21. The number of rotatable bonds is 2. The van der Waals surface area contributed by atoms with E-state index in [2.05, 4.69) is 21.0 Å². The van der Waals surface area contributed by atoms with Gasteiger partial charge in [-0.2, -0.15) is 5.10 Å². The fourth-order valence-corrected chi connectivity index (χ4v) is 3.53. The molecule has 2 bridgehead atoms. The number of fused-ring (bicyclic) bond motifs is 2. The Balaban J connectivity index is 1.97. The predicted octanol–water partition coefficient (Wildman–Crippen LogP) is 1.78. The zero-order valence-electron chi connectivity index (χ0n) is 11.2. The number of aliphatic carboxylic acids is 1. The van der Waals surface area contributed by atoms with E-state index in [4.69, 9.17) is 4.74 Å². The number of carbonyl (C=O) groups excluding carboxylic acids is 1. The largest absolute Gasteiger partial charge is 0.481 e. The summed E-state index contributed by atoms with van der Waals surface area (Å²) in [6.45, 7) is 3.58. The average Bonchev–Trinajstić information content (AvgIpc) is 3.07. The Morgan fingerprint density at radius 1 is 1.30 bits per heavy atom. The lowest BCUT2D eigenvalue weighted by molar-refractivity contribution is -0.144. The molecule has 1 N–H and O–H groups in total. The molecule has 2 fully saturated rings. The van der Waals surface area contributed by atoms with Gasteiger partial charge < -0.3 is 9.84 Å². The summed E-state index contributed by atoms with van der Waals surface area (Å²) < 4.78 is 7.71. The monoisotopic (exact) mass is 342 g/mol. The third-order valence-corrected chi connectivity index (χ3v) is 5.40. The fraction of sp³-hybridized carbons (Fsp3) is 0.615. The molecule has 4 atom stereocenters. The Labute approximate surface area is 124 Å². The molecule has 2 aliphatic heterocycles. The number of aromatic nitrogens is 2. The quantitative estimate of drug-likeness (QED) is 0.885. The Bertz CT molecular complexity index is 597. The van der Waals surface area contributed by atoms with E-state index in [0.29, 0.717) is 17.8 Å². The van der Waals surface area contributed by atoms with Crippen LogP contribution >= 0.6 is 15.9 Å². The third-order valence-electron chi connectivity index (χ3n) is 4.26. The Kier molecular flexibility index (Phi) is 3.21. The van der Waals surface area contributed by atoms with E-state index < -0.39 is 17.8 Å². The number of carbonyl (C=O) groups is 2. The van der Waals surface area contributed by atoms with Crippen LogP contribution in [0.5, 0.6) is 0 Å². The summed E-state index contributed by atoms with van der Waals surface area (Å²) in [4.78, 5) is 24.1. The number of halogens is 1. The van der Waals surface area contributed by atoms with E-state index in [1.165, 1.54) is 4.68 Å². The molecule has 3 heterocycles. The standard InChI is InChI=1S/C13H15BrN2O4/c1-5-11(14)6(2)16(15-5)12(17)9-7-3-4-8(20-7)10(9)13(18)19/h7-10H,3-4H2,1-2H3,(H,18,19)/t7-,8-,9+,10-/m0/s1. The van der Waals surface area contributed by atoms with Gasteiger partial charge in [0.25, 0.3) is 5.91 Å². The van der Waals surface area contributed by atoms with Gasteiger partial charge in [0.2, 0.25) is 0 Å². The molecule has 0 amide bonds. The van der Waals surface area contributed by atoms with Crippen molar-refractivity contribution < 1.29 is 19.4 Å². The van der Waals surface area contributed by atoms with E-state index in [1.54, 1.807) is 13.8 Å². The normalized spacial score (nSPS) is 31.8. The molecule has 2 aliphatic rings. The molecule has 1 aromatic heterocycles. The number of aryl methyl sites for hydroxylation is 1. The van der Waals surface area contributed by atoms with Crippen molar-refractivity contribution in [2.75, 3.05) is 0 Å². The molecule has 7 heteroatoms. The number of ether oxygens (including phenoxy) is 1. The van der Waals surface area contributed by atoms with E-state index in [0.717, 1.165) is 10.9 Å². The van der Waals surface area contributed by atoms with Crippen LogP contribution in [0.4, 0.5) is 0 Å². The van der Waals surface area contributed by atoms with E-state index in [-0.39, 0.29) is 18.1 Å². The van der Waals surface area contributed by atoms with Crippen LogP contribution in [0.3, 0.4) is 0 Å². The van der Waals surface area contributed by atoms with Crippen molar-refractivity contribution in [1.82, 2.24) is 9.78 Å². The van der Waals surface area contributed by atoms with Crippen molar-refractivity contribution in [3.05, 3.63) is 15.9 Å². The molecule has 6 nitrogen and oxygen atoms in total. The number of nitrogens with zero attached hydrogens (tertiary/aromatic N) is 2. The second-order valence-electron chi connectivity index (χ2n) is 5.41. The Morgan fingerprint density at radius 2 is 1.90 bits per heavy atom. The molecule has 0 aromatic carbocycles. The van der Waals surface area contributed by atoms with Gasteiger partial charge in [-0.3, -0.25) is 9.59 Å². The maximum atomic E-state index is 12.7. The van der Waals surface area contributed by atoms with Gasteiger partial charge in [-0.25, -0.2) is 4.68 Å². The van der Waals surface area contributed by atoms with Crippen LogP contribution in [-0.2, 0) is 9.53 Å². The highest BCUT2D eigenvalue weighted by atomic mass is 79.9.